The van der Waals surface area contributed by atoms with Crippen LogP contribution in [0.5, 0.6) is 0 Å². The van der Waals surface area contributed by atoms with Gasteiger partial charge in [-0.3, -0.25) is 9.89 Å². The third-order valence-electron chi connectivity index (χ3n) is 3.39. The molecule has 0 bridgehead atoms. The first kappa shape index (κ1) is 14.9. The Morgan fingerprint density at radius 3 is 2.70 bits per heavy atom. The first-order valence-electron chi connectivity index (χ1n) is 7.12. The number of amides is 1. The number of ether oxygens (including phenoxy) is 1. The summed E-state index contributed by atoms with van der Waals surface area (Å²) in [5, 5.41) is 9.49. The topological polar surface area (TPSA) is 79.9 Å². The molecular weight excluding hydrogens is 292 g/mol. The zero-order valence-corrected chi connectivity index (χ0v) is 12.6. The van der Waals surface area contributed by atoms with Crippen LogP contribution >= 0.6 is 0 Å². The Kier molecular flexibility index (Phi) is 4.44. The van der Waals surface area contributed by atoms with Gasteiger partial charge in [0.2, 0.25) is 0 Å². The van der Waals surface area contributed by atoms with E-state index in [4.69, 9.17) is 4.74 Å². The third kappa shape index (κ3) is 3.44. The molecule has 0 radical (unpaired) electrons. The predicted molar refractivity (Wildman–Crippen MR) is 86.6 cm³/mol. The lowest BCUT2D eigenvalue weighted by Gasteiger charge is -2.16. The van der Waals surface area contributed by atoms with E-state index in [9.17, 15) is 4.79 Å². The molecule has 0 fully saturated rings. The van der Waals surface area contributed by atoms with Gasteiger partial charge in [0, 0.05) is 18.4 Å². The van der Waals surface area contributed by atoms with Gasteiger partial charge in [0.25, 0.3) is 5.91 Å². The zero-order chi connectivity index (χ0) is 16.1. The fraction of sp³-hybridized carbons (Fsp3) is 0.118. The second-order valence-corrected chi connectivity index (χ2v) is 4.93. The fourth-order valence-electron chi connectivity index (χ4n) is 2.32. The van der Waals surface area contributed by atoms with Crippen LogP contribution in [-0.2, 0) is 9.53 Å². The van der Waals surface area contributed by atoms with Crippen LogP contribution in [0.3, 0.4) is 0 Å². The molecule has 0 aliphatic rings. The molecule has 0 spiro atoms. The van der Waals surface area contributed by atoms with Gasteiger partial charge in [-0.25, -0.2) is 4.98 Å². The number of anilines is 1. The van der Waals surface area contributed by atoms with Crippen LogP contribution in [0.2, 0.25) is 0 Å². The van der Waals surface area contributed by atoms with Crippen molar-refractivity contribution in [1.29, 1.82) is 0 Å². The minimum atomic E-state index is -0.662. The molecular formula is C17H16N4O2. The van der Waals surface area contributed by atoms with Gasteiger partial charge in [-0.05, 0) is 17.7 Å². The molecule has 23 heavy (non-hydrogen) atoms. The quantitative estimate of drug-likeness (QED) is 0.759. The Hall–Kier alpha value is -2.99. The highest BCUT2D eigenvalue weighted by Crippen LogP contribution is 2.22. The summed E-state index contributed by atoms with van der Waals surface area (Å²) in [4.78, 5) is 16.6. The summed E-state index contributed by atoms with van der Waals surface area (Å²) in [7, 11) is 1.52. The number of methoxy groups -OCH3 is 1. The van der Waals surface area contributed by atoms with Gasteiger partial charge in [0.15, 0.2) is 11.9 Å². The number of nitrogens with zero attached hydrogens (tertiary/aromatic N) is 2. The molecule has 1 amide bonds. The average Bonchev–Trinajstić information content (AvgIpc) is 3.11. The molecule has 116 valence electrons. The van der Waals surface area contributed by atoms with Crippen molar-refractivity contribution in [2.24, 2.45) is 0 Å². The predicted octanol–water partition coefficient (Wildman–Crippen LogP) is 2.80. The lowest BCUT2D eigenvalue weighted by atomic mass is 10.1. The zero-order valence-electron chi connectivity index (χ0n) is 12.6. The van der Waals surface area contributed by atoms with Crippen LogP contribution in [0.15, 0.2) is 60.9 Å². The Bertz CT molecular complexity index is 772. The number of hydrogen-bond acceptors (Lipinski definition) is 4. The maximum absolute atomic E-state index is 12.5. The molecule has 3 aromatic rings. The molecule has 0 saturated carbocycles. The number of rotatable bonds is 5. The van der Waals surface area contributed by atoms with Crippen molar-refractivity contribution in [2.45, 2.75) is 6.10 Å². The van der Waals surface area contributed by atoms with E-state index in [0.29, 0.717) is 11.5 Å². The second-order valence-electron chi connectivity index (χ2n) is 4.93. The van der Waals surface area contributed by atoms with Gasteiger partial charge in [0.1, 0.15) is 6.33 Å². The van der Waals surface area contributed by atoms with Crippen LogP contribution in [0.25, 0.3) is 11.4 Å². The maximum Gasteiger partial charge on any atom is 0.258 e. The lowest BCUT2D eigenvalue weighted by molar-refractivity contribution is -0.126. The van der Waals surface area contributed by atoms with Crippen LogP contribution in [-0.4, -0.2) is 28.2 Å². The highest BCUT2D eigenvalue weighted by molar-refractivity contribution is 5.95. The van der Waals surface area contributed by atoms with Crippen molar-refractivity contribution in [1.82, 2.24) is 15.2 Å². The first-order chi connectivity index (χ1) is 11.3. The molecule has 2 aromatic carbocycles. The Balaban J connectivity index is 1.78. The summed E-state index contributed by atoms with van der Waals surface area (Å²) in [5.74, 6) is 0.417. The van der Waals surface area contributed by atoms with Crippen molar-refractivity contribution in [3.05, 3.63) is 66.5 Å². The van der Waals surface area contributed by atoms with Gasteiger partial charge in [-0.2, -0.15) is 5.10 Å². The van der Waals surface area contributed by atoms with Crippen LogP contribution in [0.4, 0.5) is 5.69 Å². The van der Waals surface area contributed by atoms with Crippen molar-refractivity contribution >= 4 is 11.6 Å². The fourth-order valence-corrected chi connectivity index (χ4v) is 2.32. The summed E-state index contributed by atoms with van der Waals surface area (Å²) >= 11 is 0. The number of aromatic nitrogens is 3. The number of aromatic amines is 1. The SMILES string of the molecule is COC(C(=O)Nc1cccc(-c2ncn[nH]2)c1)c1ccccc1. The number of hydrogen-bond donors (Lipinski definition) is 2. The normalized spacial score (nSPS) is 11.9. The van der Waals surface area contributed by atoms with E-state index in [1.807, 2.05) is 54.6 Å². The number of carbonyl (C=O) groups is 1. The summed E-state index contributed by atoms with van der Waals surface area (Å²) < 4.78 is 5.33. The maximum atomic E-state index is 12.5. The summed E-state index contributed by atoms with van der Waals surface area (Å²) in [6, 6.07) is 16.7. The molecule has 1 unspecified atom stereocenters. The molecule has 6 nitrogen and oxygen atoms in total. The van der Waals surface area contributed by atoms with Gasteiger partial charge in [-0.1, -0.05) is 42.5 Å². The van der Waals surface area contributed by atoms with E-state index >= 15 is 0 Å². The summed E-state index contributed by atoms with van der Waals surface area (Å²) in [6.07, 6.45) is 0.780. The minimum absolute atomic E-state index is 0.228. The summed E-state index contributed by atoms with van der Waals surface area (Å²) in [6.45, 7) is 0. The Morgan fingerprint density at radius 2 is 2.00 bits per heavy atom. The highest BCUT2D eigenvalue weighted by Gasteiger charge is 2.20. The number of nitrogens with one attached hydrogen (secondary N) is 2. The molecule has 1 heterocycles. The second kappa shape index (κ2) is 6.85. The monoisotopic (exact) mass is 308 g/mol. The molecule has 0 aliphatic carbocycles. The van der Waals surface area contributed by atoms with Crippen molar-refractivity contribution < 1.29 is 9.53 Å². The van der Waals surface area contributed by atoms with E-state index in [0.717, 1.165) is 11.1 Å². The molecule has 0 saturated heterocycles. The molecule has 0 aliphatic heterocycles. The van der Waals surface area contributed by atoms with Crippen molar-refractivity contribution in [3.8, 4) is 11.4 Å². The number of carbonyl (C=O) groups excluding carboxylic acids is 1. The number of benzene rings is 2. The Labute approximate surface area is 133 Å². The van der Waals surface area contributed by atoms with E-state index in [2.05, 4.69) is 20.5 Å². The minimum Gasteiger partial charge on any atom is -0.367 e. The van der Waals surface area contributed by atoms with Gasteiger partial charge in [-0.15, -0.1) is 0 Å². The van der Waals surface area contributed by atoms with Gasteiger partial charge >= 0.3 is 0 Å². The first-order valence-corrected chi connectivity index (χ1v) is 7.12. The van der Waals surface area contributed by atoms with Gasteiger partial charge in [0.05, 0.1) is 0 Å². The van der Waals surface area contributed by atoms with Gasteiger partial charge < -0.3 is 10.1 Å². The molecule has 3 rings (SSSR count). The molecule has 2 N–H and O–H groups in total. The lowest BCUT2D eigenvalue weighted by Crippen LogP contribution is -2.22. The average molecular weight is 308 g/mol. The van der Waals surface area contributed by atoms with E-state index in [1.54, 1.807) is 0 Å². The summed E-state index contributed by atoms with van der Waals surface area (Å²) in [5.41, 5.74) is 2.31. The van der Waals surface area contributed by atoms with E-state index < -0.39 is 6.10 Å². The highest BCUT2D eigenvalue weighted by atomic mass is 16.5. The molecule has 6 heteroatoms. The van der Waals surface area contributed by atoms with Crippen LogP contribution in [0, 0.1) is 0 Å². The largest absolute Gasteiger partial charge is 0.367 e. The third-order valence-corrected chi connectivity index (χ3v) is 3.39. The Morgan fingerprint density at radius 1 is 1.17 bits per heavy atom. The van der Waals surface area contributed by atoms with Crippen LogP contribution in [0.1, 0.15) is 11.7 Å². The van der Waals surface area contributed by atoms with Crippen LogP contribution < -0.4 is 5.32 Å². The van der Waals surface area contributed by atoms with Crippen molar-refractivity contribution in [3.63, 3.8) is 0 Å². The molecule has 1 atom stereocenters. The molecule has 1 aromatic heterocycles. The van der Waals surface area contributed by atoms with E-state index in [1.165, 1.54) is 13.4 Å². The standard InChI is InChI=1S/C17H16N4O2/c1-23-15(12-6-3-2-4-7-12)17(22)20-14-9-5-8-13(10-14)16-18-11-19-21-16/h2-11,15H,1H3,(H,20,22)(H,18,19,21). The smallest absolute Gasteiger partial charge is 0.258 e. The van der Waals surface area contributed by atoms with Crippen molar-refractivity contribution in [2.75, 3.05) is 12.4 Å². The van der Waals surface area contributed by atoms with E-state index in [-0.39, 0.29) is 5.91 Å². The number of H-pyrrole nitrogens is 1.